The number of primary amides is 1. The first-order valence-corrected chi connectivity index (χ1v) is 15.7. The minimum absolute atomic E-state index is 0.0194. The minimum Gasteiger partial charge on any atom is -0.369 e. The number of piperazine rings is 1. The number of rotatable bonds is 7. The summed E-state index contributed by atoms with van der Waals surface area (Å²) in [6, 6.07) is 16.5. The average Bonchev–Trinajstić information content (AvgIpc) is 3.88. The molecule has 44 heavy (non-hydrogen) atoms. The summed E-state index contributed by atoms with van der Waals surface area (Å²) in [5.74, 6) is 0.979. The predicted molar refractivity (Wildman–Crippen MR) is 175 cm³/mol. The third-order valence-corrected chi connectivity index (χ3v) is 9.59. The third-order valence-electron chi connectivity index (χ3n) is 9.59. The smallest absolute Gasteiger partial charge is 0.271 e. The summed E-state index contributed by atoms with van der Waals surface area (Å²) in [5.41, 5.74) is 9.14. The van der Waals surface area contributed by atoms with E-state index in [1.54, 1.807) is 6.20 Å². The van der Waals surface area contributed by atoms with E-state index >= 15 is 0 Å². The quantitative estimate of drug-likeness (QED) is 0.323. The highest BCUT2D eigenvalue weighted by atomic mass is 16.1. The van der Waals surface area contributed by atoms with E-state index in [1.807, 2.05) is 29.0 Å². The fraction of sp³-hybridized carbons (Fsp3) is 0.412. The Hall–Kier alpha value is -4.44. The number of likely N-dealkylation sites (N-methyl/N-ethyl adjacent to an activating group) is 1. The molecule has 2 aromatic carbocycles. The monoisotopic (exact) mass is 592 g/mol. The maximum absolute atomic E-state index is 13.7. The number of anilines is 4. The van der Waals surface area contributed by atoms with Crippen LogP contribution in [0.3, 0.4) is 0 Å². The second-order valence-electron chi connectivity index (χ2n) is 12.5. The van der Waals surface area contributed by atoms with Crippen molar-refractivity contribution in [2.45, 2.75) is 50.6 Å². The summed E-state index contributed by atoms with van der Waals surface area (Å²) >= 11 is 0. The van der Waals surface area contributed by atoms with Gasteiger partial charge in [0.05, 0.1) is 12.2 Å². The number of piperidine rings is 1. The number of amides is 1. The predicted octanol–water partition coefficient (Wildman–Crippen LogP) is 4.49. The van der Waals surface area contributed by atoms with E-state index in [2.05, 4.69) is 69.3 Å². The maximum Gasteiger partial charge on any atom is 0.271 e. The lowest BCUT2D eigenvalue weighted by atomic mass is 9.96. The van der Waals surface area contributed by atoms with Gasteiger partial charge in [0.2, 0.25) is 0 Å². The lowest BCUT2D eigenvalue weighted by Gasteiger charge is -2.41. The number of nitrogens with one attached hydrogen (secondary N) is 1. The number of fused-ring (bicyclic) bond motifs is 1. The standard InChI is InChI=1S/C34H40N8O2/c1-22-29(42-15-13-25-20-24(23-5-6-23)7-12-28(25)34(42)44)4-3-14-41(22)30-21-36-31(32(35)43)33(38-30)37-26-8-10-27(11-9-26)40-18-16-39(2)17-19-40/h7-13,15,20-23,29H,3-6,14,16-19H2,1-2H3,(H2,35,43)(H,37,38)/t22-,29-/m1/s1. The fourth-order valence-electron chi connectivity index (χ4n) is 6.77. The van der Waals surface area contributed by atoms with Crippen LogP contribution >= 0.6 is 0 Å². The molecule has 3 aliphatic rings. The lowest BCUT2D eigenvalue weighted by Crippen LogP contribution is -2.47. The Morgan fingerprint density at radius 2 is 1.75 bits per heavy atom. The molecule has 1 saturated carbocycles. The second-order valence-corrected chi connectivity index (χ2v) is 12.5. The van der Waals surface area contributed by atoms with Gasteiger partial charge in [0.25, 0.3) is 11.5 Å². The van der Waals surface area contributed by atoms with E-state index in [9.17, 15) is 9.59 Å². The van der Waals surface area contributed by atoms with Crippen molar-refractivity contribution in [1.29, 1.82) is 0 Å². The molecule has 2 atom stereocenters. The van der Waals surface area contributed by atoms with Crippen LogP contribution in [-0.2, 0) is 0 Å². The van der Waals surface area contributed by atoms with Gasteiger partial charge in [0, 0.05) is 61.7 Å². The molecule has 1 aliphatic carbocycles. The van der Waals surface area contributed by atoms with Gasteiger partial charge in [0.15, 0.2) is 11.5 Å². The summed E-state index contributed by atoms with van der Waals surface area (Å²) in [4.78, 5) is 42.2. The van der Waals surface area contributed by atoms with Crippen LogP contribution in [0.4, 0.5) is 23.0 Å². The summed E-state index contributed by atoms with van der Waals surface area (Å²) in [6.45, 7) is 6.96. The Morgan fingerprint density at radius 3 is 2.48 bits per heavy atom. The zero-order valence-corrected chi connectivity index (χ0v) is 25.4. The number of carbonyl (C=O) groups is 1. The SMILES string of the molecule is C[C@@H]1[C@H](n2ccc3cc(C4CC4)ccc3c2=O)CCCN1c1cnc(C(N)=O)c(Nc2ccc(N3CCN(C)CC3)cc2)n1. The van der Waals surface area contributed by atoms with Crippen molar-refractivity contribution in [3.05, 3.63) is 82.5 Å². The Labute approximate surface area is 257 Å². The van der Waals surface area contributed by atoms with Gasteiger partial charge in [-0.15, -0.1) is 0 Å². The molecular weight excluding hydrogens is 552 g/mol. The van der Waals surface area contributed by atoms with E-state index in [1.165, 1.54) is 24.1 Å². The number of aromatic nitrogens is 3. The Balaban J connectivity index is 1.13. The van der Waals surface area contributed by atoms with E-state index < -0.39 is 5.91 Å². The molecule has 3 fully saturated rings. The molecular formula is C34H40N8O2. The van der Waals surface area contributed by atoms with Crippen molar-refractivity contribution in [2.75, 3.05) is 54.9 Å². The van der Waals surface area contributed by atoms with Crippen LogP contribution in [-0.4, -0.2) is 71.2 Å². The molecule has 7 rings (SSSR count). The third kappa shape index (κ3) is 5.50. The fourth-order valence-corrected chi connectivity index (χ4v) is 6.77. The molecule has 0 unspecified atom stereocenters. The van der Waals surface area contributed by atoms with Crippen LogP contribution in [0.2, 0.25) is 0 Å². The molecule has 10 heteroatoms. The molecule has 0 spiro atoms. The highest BCUT2D eigenvalue weighted by Crippen LogP contribution is 2.41. The summed E-state index contributed by atoms with van der Waals surface area (Å²) in [5, 5.41) is 5.06. The van der Waals surface area contributed by atoms with E-state index in [4.69, 9.17) is 10.7 Å². The molecule has 3 N–H and O–H groups in total. The lowest BCUT2D eigenvalue weighted by molar-refractivity contribution is 0.0996. The molecule has 4 heterocycles. The van der Waals surface area contributed by atoms with Crippen molar-refractivity contribution < 1.29 is 4.79 Å². The number of hydrogen-bond acceptors (Lipinski definition) is 8. The van der Waals surface area contributed by atoms with Gasteiger partial charge >= 0.3 is 0 Å². The number of benzene rings is 2. The highest BCUT2D eigenvalue weighted by Gasteiger charge is 2.32. The average molecular weight is 593 g/mol. The topological polar surface area (TPSA) is 113 Å². The number of carbonyl (C=O) groups excluding carboxylic acids is 1. The first-order valence-electron chi connectivity index (χ1n) is 15.7. The Kier molecular flexibility index (Phi) is 7.45. The second kappa shape index (κ2) is 11.6. The van der Waals surface area contributed by atoms with E-state index in [-0.39, 0.29) is 23.3 Å². The molecule has 228 valence electrons. The minimum atomic E-state index is -0.641. The van der Waals surface area contributed by atoms with E-state index in [0.29, 0.717) is 17.6 Å². The summed E-state index contributed by atoms with van der Waals surface area (Å²) in [7, 11) is 2.15. The molecule has 0 radical (unpaired) electrons. The van der Waals surface area contributed by atoms with Crippen molar-refractivity contribution in [1.82, 2.24) is 19.4 Å². The van der Waals surface area contributed by atoms with E-state index in [0.717, 1.165) is 62.0 Å². The van der Waals surface area contributed by atoms with Crippen LogP contribution in [0.5, 0.6) is 0 Å². The summed E-state index contributed by atoms with van der Waals surface area (Å²) < 4.78 is 1.89. The van der Waals surface area contributed by atoms with Gasteiger partial charge in [-0.05, 0) is 92.9 Å². The molecule has 2 saturated heterocycles. The van der Waals surface area contributed by atoms with Crippen molar-refractivity contribution in [3.63, 3.8) is 0 Å². The van der Waals surface area contributed by atoms with Gasteiger partial charge in [-0.25, -0.2) is 9.97 Å². The number of nitrogens with zero attached hydrogens (tertiary/aromatic N) is 6. The Morgan fingerprint density at radius 1 is 0.977 bits per heavy atom. The summed E-state index contributed by atoms with van der Waals surface area (Å²) in [6.07, 6.45) is 7.83. The normalized spacial score (nSPS) is 21.0. The number of pyridine rings is 1. The van der Waals surface area contributed by atoms with Crippen LogP contribution in [0.15, 0.2) is 65.7 Å². The van der Waals surface area contributed by atoms with Crippen LogP contribution < -0.4 is 26.4 Å². The zero-order valence-electron chi connectivity index (χ0n) is 25.4. The van der Waals surface area contributed by atoms with Gasteiger partial charge < -0.3 is 30.3 Å². The van der Waals surface area contributed by atoms with Crippen molar-refractivity contribution >= 4 is 39.7 Å². The highest BCUT2D eigenvalue weighted by molar-refractivity contribution is 5.96. The molecule has 4 aromatic rings. The number of hydrogen-bond donors (Lipinski definition) is 2. The molecule has 2 aliphatic heterocycles. The molecule has 0 bridgehead atoms. The van der Waals surface area contributed by atoms with Gasteiger partial charge in [0.1, 0.15) is 5.82 Å². The van der Waals surface area contributed by atoms with Crippen LogP contribution in [0.25, 0.3) is 10.8 Å². The molecule has 1 amide bonds. The van der Waals surface area contributed by atoms with Crippen LogP contribution in [0, 0.1) is 0 Å². The maximum atomic E-state index is 13.7. The van der Waals surface area contributed by atoms with Crippen molar-refractivity contribution in [2.24, 2.45) is 5.73 Å². The van der Waals surface area contributed by atoms with Gasteiger partial charge in [-0.3, -0.25) is 9.59 Å². The number of nitrogens with two attached hydrogens (primary N) is 1. The first-order chi connectivity index (χ1) is 21.4. The first kappa shape index (κ1) is 28.3. The van der Waals surface area contributed by atoms with Gasteiger partial charge in [-0.2, -0.15) is 0 Å². The Bertz CT molecular complexity index is 1740. The molecule has 2 aromatic heterocycles. The molecule has 10 nitrogen and oxygen atoms in total. The zero-order chi connectivity index (χ0) is 30.4. The largest absolute Gasteiger partial charge is 0.369 e. The van der Waals surface area contributed by atoms with Crippen LogP contribution in [0.1, 0.15) is 60.6 Å². The van der Waals surface area contributed by atoms with Gasteiger partial charge in [-0.1, -0.05) is 12.1 Å². The van der Waals surface area contributed by atoms with Crippen molar-refractivity contribution in [3.8, 4) is 0 Å².